The topological polar surface area (TPSA) is 143 Å². The van der Waals surface area contributed by atoms with Crippen LogP contribution in [0, 0.1) is 0 Å². The zero-order valence-corrected chi connectivity index (χ0v) is 13.7. The zero-order chi connectivity index (χ0) is 18.2. The van der Waals surface area contributed by atoms with E-state index in [1.807, 2.05) is 6.92 Å². The number of nitrogens with one attached hydrogen (secondary N) is 3. The second kappa shape index (κ2) is 14.4. The van der Waals surface area contributed by atoms with E-state index in [-0.39, 0.29) is 51.0 Å². The summed E-state index contributed by atoms with van der Waals surface area (Å²) in [6.45, 7) is 3.45. The van der Waals surface area contributed by atoms with Gasteiger partial charge in [-0.2, -0.15) is 0 Å². The van der Waals surface area contributed by atoms with E-state index in [9.17, 15) is 19.2 Å². The molecule has 0 aliphatic heterocycles. The van der Waals surface area contributed by atoms with Crippen molar-refractivity contribution in [3.8, 4) is 0 Å². The normalized spacial score (nSPS) is 11.4. The van der Waals surface area contributed by atoms with Crippen LogP contribution < -0.4 is 16.0 Å². The second-order valence-corrected chi connectivity index (χ2v) is 4.68. The highest BCUT2D eigenvalue weighted by atomic mass is 16.5. The maximum absolute atomic E-state index is 11.5. The van der Waals surface area contributed by atoms with Crippen LogP contribution in [0.25, 0.3) is 0 Å². The van der Waals surface area contributed by atoms with Gasteiger partial charge in [0.2, 0.25) is 18.2 Å². The van der Waals surface area contributed by atoms with E-state index in [0.717, 1.165) is 0 Å². The van der Waals surface area contributed by atoms with E-state index in [1.165, 1.54) is 0 Å². The molecule has 0 aromatic carbocycles. The third-order valence-corrected chi connectivity index (χ3v) is 2.78. The summed E-state index contributed by atoms with van der Waals surface area (Å²) >= 11 is 0. The summed E-state index contributed by atoms with van der Waals surface area (Å²) in [5.41, 5.74) is 0. The van der Waals surface area contributed by atoms with Crippen LogP contribution >= 0.6 is 0 Å². The maximum Gasteiger partial charge on any atom is 0.326 e. The number of ether oxygens (including phenoxy) is 2. The van der Waals surface area contributed by atoms with Gasteiger partial charge in [0.05, 0.1) is 19.8 Å². The van der Waals surface area contributed by atoms with Gasteiger partial charge in [0, 0.05) is 19.5 Å². The van der Waals surface area contributed by atoms with Gasteiger partial charge < -0.3 is 30.5 Å². The Balaban J connectivity index is 3.53. The van der Waals surface area contributed by atoms with Gasteiger partial charge in [-0.1, -0.05) is 0 Å². The van der Waals surface area contributed by atoms with Crippen molar-refractivity contribution in [3.63, 3.8) is 0 Å². The Morgan fingerprint density at radius 2 is 1.79 bits per heavy atom. The SMILES string of the molecule is CCNC(=O)COCCOCCNC(=O)CCC(NC=O)C(=O)O. The molecule has 0 bridgehead atoms. The molecule has 1 unspecified atom stereocenters. The second-order valence-electron chi connectivity index (χ2n) is 4.68. The molecule has 0 saturated carbocycles. The number of hydrogen-bond acceptors (Lipinski definition) is 6. The molecule has 10 nitrogen and oxygen atoms in total. The fraction of sp³-hybridized carbons (Fsp3) is 0.714. The van der Waals surface area contributed by atoms with Crippen LogP contribution in [0.15, 0.2) is 0 Å². The summed E-state index contributed by atoms with van der Waals surface area (Å²) in [4.78, 5) is 43.5. The highest BCUT2D eigenvalue weighted by Gasteiger charge is 2.17. The number of rotatable bonds is 15. The number of amides is 3. The lowest BCUT2D eigenvalue weighted by atomic mass is 10.1. The van der Waals surface area contributed by atoms with E-state index in [1.54, 1.807) is 0 Å². The molecule has 0 aliphatic rings. The molecular weight excluding hydrogens is 322 g/mol. The minimum Gasteiger partial charge on any atom is -0.480 e. The quantitative estimate of drug-likeness (QED) is 0.203. The highest BCUT2D eigenvalue weighted by molar-refractivity contribution is 5.79. The van der Waals surface area contributed by atoms with Crippen molar-refractivity contribution in [3.05, 3.63) is 0 Å². The van der Waals surface area contributed by atoms with Crippen LogP contribution in [0.4, 0.5) is 0 Å². The summed E-state index contributed by atoms with van der Waals surface area (Å²) in [6.07, 6.45) is 0.278. The molecule has 138 valence electrons. The lowest BCUT2D eigenvalue weighted by Crippen LogP contribution is -2.37. The molecule has 0 aliphatic carbocycles. The molecule has 0 rings (SSSR count). The fourth-order valence-electron chi connectivity index (χ4n) is 1.62. The summed E-state index contributed by atoms with van der Waals surface area (Å²) in [5, 5.41) is 16.1. The fourth-order valence-corrected chi connectivity index (χ4v) is 1.62. The number of carboxylic acid groups (broad SMARTS) is 1. The smallest absolute Gasteiger partial charge is 0.326 e. The van der Waals surface area contributed by atoms with E-state index in [0.29, 0.717) is 19.6 Å². The molecule has 3 amide bonds. The number of likely N-dealkylation sites (N-methyl/N-ethyl adjacent to an activating group) is 1. The largest absolute Gasteiger partial charge is 0.480 e. The van der Waals surface area contributed by atoms with Crippen molar-refractivity contribution in [2.24, 2.45) is 0 Å². The van der Waals surface area contributed by atoms with Gasteiger partial charge in [0.25, 0.3) is 0 Å². The molecule has 0 aromatic heterocycles. The maximum atomic E-state index is 11.5. The van der Waals surface area contributed by atoms with Crippen LogP contribution in [0.2, 0.25) is 0 Å². The van der Waals surface area contributed by atoms with Crippen molar-refractivity contribution >= 4 is 24.2 Å². The first-order valence-corrected chi connectivity index (χ1v) is 7.62. The summed E-state index contributed by atoms with van der Waals surface area (Å²) in [6, 6.07) is -1.08. The van der Waals surface area contributed by atoms with Gasteiger partial charge in [0.15, 0.2) is 0 Å². The Hall–Kier alpha value is -2.20. The summed E-state index contributed by atoms with van der Waals surface area (Å²) in [7, 11) is 0. The molecule has 0 radical (unpaired) electrons. The Morgan fingerprint density at radius 3 is 2.42 bits per heavy atom. The highest BCUT2D eigenvalue weighted by Crippen LogP contribution is 1.97. The van der Waals surface area contributed by atoms with E-state index in [4.69, 9.17) is 14.6 Å². The number of carbonyl (C=O) groups excluding carboxylic acids is 3. The molecule has 1 atom stereocenters. The standard InChI is InChI=1S/C14H25N3O7/c1-2-15-13(20)9-24-8-7-23-6-5-16-12(19)4-3-11(14(21)22)17-10-18/h10-11H,2-9H2,1H3,(H,15,20)(H,16,19)(H,17,18)(H,21,22). The number of hydrogen-bond donors (Lipinski definition) is 4. The van der Waals surface area contributed by atoms with Crippen LogP contribution in [0.5, 0.6) is 0 Å². The minimum absolute atomic E-state index is 0.00836. The number of carboxylic acids is 1. The summed E-state index contributed by atoms with van der Waals surface area (Å²) < 4.78 is 10.3. The molecule has 4 N–H and O–H groups in total. The van der Waals surface area contributed by atoms with Gasteiger partial charge in [-0.3, -0.25) is 14.4 Å². The van der Waals surface area contributed by atoms with Gasteiger partial charge >= 0.3 is 5.97 Å². The average Bonchev–Trinajstić information content (AvgIpc) is 2.53. The predicted octanol–water partition coefficient (Wildman–Crippen LogP) is -1.75. The van der Waals surface area contributed by atoms with Gasteiger partial charge in [0.1, 0.15) is 12.6 Å². The average molecular weight is 347 g/mol. The van der Waals surface area contributed by atoms with E-state index in [2.05, 4.69) is 16.0 Å². The third-order valence-electron chi connectivity index (χ3n) is 2.78. The minimum atomic E-state index is -1.19. The van der Waals surface area contributed by atoms with Crippen LogP contribution in [-0.4, -0.2) is 74.9 Å². The first-order chi connectivity index (χ1) is 11.5. The third kappa shape index (κ3) is 12.4. The van der Waals surface area contributed by atoms with Crippen LogP contribution in [-0.2, 0) is 28.7 Å². The lowest BCUT2D eigenvalue weighted by Gasteiger charge is -2.11. The monoisotopic (exact) mass is 347 g/mol. The molecular formula is C14H25N3O7. The molecule has 0 heterocycles. The van der Waals surface area contributed by atoms with Crippen molar-refractivity contribution in [2.75, 3.05) is 39.5 Å². The summed E-state index contributed by atoms with van der Waals surface area (Å²) in [5.74, 6) is -1.70. The molecule has 24 heavy (non-hydrogen) atoms. The number of aliphatic carboxylic acids is 1. The Morgan fingerprint density at radius 1 is 1.08 bits per heavy atom. The van der Waals surface area contributed by atoms with Gasteiger partial charge in [-0.25, -0.2) is 4.79 Å². The first kappa shape index (κ1) is 21.8. The Kier molecular flexibility index (Phi) is 13.1. The van der Waals surface area contributed by atoms with Gasteiger partial charge in [-0.15, -0.1) is 0 Å². The zero-order valence-electron chi connectivity index (χ0n) is 13.7. The van der Waals surface area contributed by atoms with Crippen molar-refractivity contribution in [2.45, 2.75) is 25.8 Å². The predicted molar refractivity (Wildman–Crippen MR) is 83.2 cm³/mol. The van der Waals surface area contributed by atoms with Crippen molar-refractivity contribution in [1.82, 2.24) is 16.0 Å². The molecule has 0 saturated heterocycles. The lowest BCUT2D eigenvalue weighted by molar-refractivity contribution is -0.140. The van der Waals surface area contributed by atoms with Crippen molar-refractivity contribution < 1.29 is 33.8 Å². The molecule has 10 heteroatoms. The van der Waals surface area contributed by atoms with E-state index >= 15 is 0 Å². The molecule has 0 spiro atoms. The van der Waals surface area contributed by atoms with E-state index < -0.39 is 12.0 Å². The van der Waals surface area contributed by atoms with Crippen molar-refractivity contribution in [1.29, 1.82) is 0 Å². The van der Waals surface area contributed by atoms with Crippen LogP contribution in [0.1, 0.15) is 19.8 Å². The van der Waals surface area contributed by atoms with Gasteiger partial charge in [-0.05, 0) is 13.3 Å². The van der Waals surface area contributed by atoms with Crippen LogP contribution in [0.3, 0.4) is 0 Å². The number of carbonyl (C=O) groups is 4. The molecule has 0 fully saturated rings. The Bertz CT molecular complexity index is 404. The first-order valence-electron chi connectivity index (χ1n) is 7.62. The molecule has 0 aromatic rings. The Labute approximate surface area is 140 Å².